The summed E-state index contributed by atoms with van der Waals surface area (Å²) in [5.41, 5.74) is 5.24. The Hall–Kier alpha value is -1.96. The number of benzene rings is 1. The second-order valence-electron chi connectivity index (χ2n) is 3.69. The van der Waals surface area contributed by atoms with Gasteiger partial charge in [-0.05, 0) is 25.1 Å². The number of hydrogen-bond acceptors (Lipinski definition) is 4. The van der Waals surface area contributed by atoms with E-state index in [1.54, 1.807) is 0 Å². The molecule has 8 heteroatoms. The van der Waals surface area contributed by atoms with Crippen molar-refractivity contribution in [3.8, 4) is 0 Å². The van der Waals surface area contributed by atoms with Gasteiger partial charge in [0.25, 0.3) is 0 Å². The van der Waals surface area contributed by atoms with Crippen LogP contribution in [0.5, 0.6) is 0 Å². The average Bonchev–Trinajstić information content (AvgIpc) is 2.39. The summed E-state index contributed by atoms with van der Waals surface area (Å²) in [6.07, 6.45) is 0. The molecule has 0 aliphatic carbocycles. The number of halogens is 1. The Kier molecular flexibility index (Phi) is 4.99. The molecule has 104 valence electrons. The molecule has 0 saturated heterocycles. The van der Waals surface area contributed by atoms with Crippen LogP contribution in [0.25, 0.3) is 0 Å². The number of carbonyl (C=O) groups is 2. The molecule has 3 amide bonds. The van der Waals surface area contributed by atoms with Gasteiger partial charge in [0.1, 0.15) is 11.1 Å². The van der Waals surface area contributed by atoms with Crippen LogP contribution in [0, 0.1) is 5.82 Å². The van der Waals surface area contributed by atoms with E-state index in [1.807, 2.05) is 5.32 Å². The Bertz CT molecular complexity index is 536. The quantitative estimate of drug-likeness (QED) is 0.699. The molecular formula is C11H14FN3O3S. The third kappa shape index (κ3) is 3.75. The van der Waals surface area contributed by atoms with Gasteiger partial charge in [-0.25, -0.2) is 9.18 Å². The molecule has 0 aliphatic rings. The van der Waals surface area contributed by atoms with Crippen molar-refractivity contribution in [3.63, 3.8) is 0 Å². The smallest absolute Gasteiger partial charge is 0.321 e. The second-order valence-corrected chi connectivity index (χ2v) is 5.46. The molecule has 1 rings (SSSR count). The number of nitrogens with one attached hydrogen (secondary N) is 2. The topological polar surface area (TPSA) is 101 Å². The van der Waals surface area contributed by atoms with Gasteiger partial charge >= 0.3 is 6.03 Å². The Morgan fingerprint density at radius 1 is 1.42 bits per heavy atom. The molecule has 0 aliphatic heterocycles. The number of carbonyl (C=O) groups excluding carboxylic acids is 2. The number of nitrogen functional groups attached to an aromatic ring is 1. The molecule has 0 bridgehead atoms. The Morgan fingerprint density at radius 3 is 2.58 bits per heavy atom. The first-order valence-electron chi connectivity index (χ1n) is 5.35. The molecule has 4 N–H and O–H groups in total. The second kappa shape index (κ2) is 6.28. The van der Waals surface area contributed by atoms with E-state index in [2.05, 4.69) is 5.32 Å². The summed E-state index contributed by atoms with van der Waals surface area (Å²) in [5.74, 6) is -1.42. The molecule has 0 fully saturated rings. The lowest BCUT2D eigenvalue weighted by Crippen LogP contribution is -2.43. The van der Waals surface area contributed by atoms with Crippen LogP contribution in [0.15, 0.2) is 23.1 Å². The highest BCUT2D eigenvalue weighted by Crippen LogP contribution is 2.17. The van der Waals surface area contributed by atoms with Crippen molar-refractivity contribution in [2.45, 2.75) is 17.1 Å². The van der Waals surface area contributed by atoms with Crippen LogP contribution >= 0.6 is 0 Å². The summed E-state index contributed by atoms with van der Waals surface area (Å²) in [5, 5.41) is 3.21. The van der Waals surface area contributed by atoms with Gasteiger partial charge in [-0.1, -0.05) is 0 Å². The average molecular weight is 287 g/mol. The van der Waals surface area contributed by atoms with Gasteiger partial charge in [0.15, 0.2) is 0 Å². The van der Waals surface area contributed by atoms with Crippen molar-refractivity contribution in [1.82, 2.24) is 10.6 Å². The standard InChI is InChI=1S/C11H14FN3O3S/c1-6(10(16)15-11(17)14-2)19(18)7-3-4-9(13)8(12)5-7/h3-6H,13H2,1-2H3,(H2,14,15,16,17). The van der Waals surface area contributed by atoms with Crippen molar-refractivity contribution in [2.24, 2.45) is 0 Å². The highest BCUT2D eigenvalue weighted by atomic mass is 32.2. The van der Waals surface area contributed by atoms with Gasteiger partial charge < -0.3 is 11.1 Å². The third-order valence-electron chi connectivity index (χ3n) is 2.36. The summed E-state index contributed by atoms with van der Waals surface area (Å²) < 4.78 is 25.3. The van der Waals surface area contributed by atoms with Gasteiger partial charge in [0, 0.05) is 11.9 Å². The molecule has 19 heavy (non-hydrogen) atoms. The van der Waals surface area contributed by atoms with Crippen molar-refractivity contribution in [3.05, 3.63) is 24.0 Å². The van der Waals surface area contributed by atoms with Crippen LogP contribution in [0.3, 0.4) is 0 Å². The summed E-state index contributed by atoms with van der Waals surface area (Å²) in [6.45, 7) is 1.38. The molecule has 6 nitrogen and oxygen atoms in total. The maximum Gasteiger partial charge on any atom is 0.321 e. The molecule has 0 saturated carbocycles. The zero-order valence-electron chi connectivity index (χ0n) is 10.4. The van der Waals surface area contributed by atoms with E-state index in [-0.39, 0.29) is 10.6 Å². The number of hydrogen-bond donors (Lipinski definition) is 3. The fourth-order valence-electron chi connectivity index (χ4n) is 1.21. The summed E-state index contributed by atoms with van der Waals surface area (Å²) in [7, 11) is -0.436. The van der Waals surface area contributed by atoms with E-state index in [0.717, 1.165) is 6.07 Å². The number of nitrogens with two attached hydrogens (primary N) is 1. The minimum absolute atomic E-state index is 0.0665. The van der Waals surface area contributed by atoms with Gasteiger partial charge in [0.05, 0.1) is 16.5 Å². The van der Waals surface area contributed by atoms with E-state index >= 15 is 0 Å². The van der Waals surface area contributed by atoms with E-state index in [4.69, 9.17) is 5.73 Å². The van der Waals surface area contributed by atoms with Crippen LogP contribution in [0.4, 0.5) is 14.9 Å². The van der Waals surface area contributed by atoms with Crippen LogP contribution in [0.2, 0.25) is 0 Å². The van der Waals surface area contributed by atoms with Crippen LogP contribution in [-0.4, -0.2) is 28.4 Å². The predicted octanol–water partition coefficient (Wildman–Crippen LogP) is 0.360. The maximum atomic E-state index is 13.2. The number of urea groups is 1. The first-order chi connectivity index (χ1) is 8.86. The summed E-state index contributed by atoms with van der Waals surface area (Å²) in [6, 6.07) is 2.96. The summed E-state index contributed by atoms with van der Waals surface area (Å²) in [4.78, 5) is 22.7. The lowest BCUT2D eigenvalue weighted by atomic mass is 10.3. The zero-order valence-corrected chi connectivity index (χ0v) is 11.2. The monoisotopic (exact) mass is 287 g/mol. The number of anilines is 1. The van der Waals surface area contributed by atoms with Crippen molar-refractivity contribution in [2.75, 3.05) is 12.8 Å². The first kappa shape index (κ1) is 15.1. The SMILES string of the molecule is CNC(=O)NC(=O)C(C)S(=O)c1ccc(N)c(F)c1. The highest BCUT2D eigenvalue weighted by molar-refractivity contribution is 7.86. The summed E-state index contributed by atoms with van der Waals surface area (Å²) >= 11 is 0. The van der Waals surface area contributed by atoms with Gasteiger partial charge in [-0.3, -0.25) is 14.3 Å². The van der Waals surface area contributed by atoms with Crippen LogP contribution in [0.1, 0.15) is 6.92 Å². The Morgan fingerprint density at radius 2 is 2.05 bits per heavy atom. The minimum Gasteiger partial charge on any atom is -0.396 e. The van der Waals surface area contributed by atoms with Crippen molar-refractivity contribution in [1.29, 1.82) is 0 Å². The van der Waals surface area contributed by atoms with Crippen LogP contribution in [-0.2, 0) is 15.6 Å². The molecule has 0 aromatic heterocycles. The maximum absolute atomic E-state index is 13.2. The van der Waals surface area contributed by atoms with Crippen LogP contribution < -0.4 is 16.4 Å². The van der Waals surface area contributed by atoms with Gasteiger partial charge in [-0.15, -0.1) is 0 Å². The fourth-order valence-corrected chi connectivity index (χ4v) is 2.29. The van der Waals surface area contributed by atoms with Gasteiger partial charge in [0.2, 0.25) is 5.91 Å². The first-order valence-corrected chi connectivity index (χ1v) is 6.56. The normalized spacial score (nSPS) is 13.4. The predicted molar refractivity (Wildman–Crippen MR) is 69.3 cm³/mol. The van der Waals surface area contributed by atoms with E-state index < -0.39 is 33.8 Å². The lowest BCUT2D eigenvalue weighted by molar-refractivity contribution is -0.119. The molecule has 0 spiro atoms. The van der Waals surface area contributed by atoms with E-state index in [0.29, 0.717) is 0 Å². The largest absolute Gasteiger partial charge is 0.396 e. The van der Waals surface area contributed by atoms with Crippen molar-refractivity contribution < 1.29 is 18.2 Å². The lowest BCUT2D eigenvalue weighted by Gasteiger charge is -2.11. The minimum atomic E-state index is -1.78. The molecule has 0 heterocycles. The van der Waals surface area contributed by atoms with E-state index in [1.165, 1.54) is 26.1 Å². The Balaban J connectivity index is 2.84. The van der Waals surface area contributed by atoms with E-state index in [9.17, 15) is 18.2 Å². The number of amides is 3. The number of rotatable bonds is 3. The highest BCUT2D eigenvalue weighted by Gasteiger charge is 2.23. The molecule has 1 aromatic carbocycles. The Labute approximate surface area is 112 Å². The van der Waals surface area contributed by atoms with Crippen molar-refractivity contribution >= 4 is 28.4 Å². The molecule has 1 aromatic rings. The third-order valence-corrected chi connectivity index (χ3v) is 3.93. The van der Waals surface area contributed by atoms with Gasteiger partial charge in [-0.2, -0.15) is 0 Å². The zero-order chi connectivity index (χ0) is 14.6. The molecule has 2 unspecified atom stereocenters. The molecular weight excluding hydrogens is 273 g/mol. The molecule has 2 atom stereocenters. The number of imide groups is 1. The fraction of sp³-hybridized carbons (Fsp3) is 0.273. The molecule has 0 radical (unpaired) electrons.